The number of rotatable bonds is 14. The zero-order chi connectivity index (χ0) is 39.3. The summed E-state index contributed by atoms with van der Waals surface area (Å²) < 4.78 is 16.2. The third-order valence-corrected chi connectivity index (χ3v) is 13.1. The number of aromatic nitrogens is 5. The van der Waals surface area contributed by atoms with E-state index in [0.717, 1.165) is 49.2 Å². The molecule has 3 aliphatic carbocycles. The Morgan fingerprint density at radius 1 is 1.00 bits per heavy atom. The lowest BCUT2D eigenvalue weighted by Gasteiger charge is -2.33. The number of fused-ring (bicyclic) bond motifs is 1. The molecule has 0 radical (unpaired) electrons. The van der Waals surface area contributed by atoms with Gasteiger partial charge >= 0.3 is 6.09 Å². The van der Waals surface area contributed by atoms with E-state index in [1.165, 1.54) is 25.7 Å². The molecule has 3 saturated carbocycles. The van der Waals surface area contributed by atoms with Crippen molar-refractivity contribution in [3.8, 4) is 11.7 Å². The largest absolute Gasteiger partial charge is 0.477 e. The summed E-state index contributed by atoms with van der Waals surface area (Å²) in [5, 5.41) is 8.77. The Kier molecular flexibility index (Phi) is 10.2. The molecule has 4 aromatic rings. The van der Waals surface area contributed by atoms with Crippen LogP contribution in [0.15, 0.2) is 72.0 Å². The van der Waals surface area contributed by atoms with Gasteiger partial charge in [0.2, 0.25) is 5.88 Å². The summed E-state index contributed by atoms with van der Waals surface area (Å²) in [6, 6.07) is 16.6. The molecule has 0 aromatic carbocycles. The summed E-state index contributed by atoms with van der Waals surface area (Å²) in [5.41, 5.74) is 1.65. The van der Waals surface area contributed by atoms with E-state index in [2.05, 4.69) is 39.0 Å². The van der Waals surface area contributed by atoms with Gasteiger partial charge in [-0.15, -0.1) is 5.10 Å². The van der Waals surface area contributed by atoms with Crippen LogP contribution in [0.3, 0.4) is 0 Å². The van der Waals surface area contributed by atoms with Crippen molar-refractivity contribution < 1.29 is 19.1 Å². The van der Waals surface area contributed by atoms with E-state index in [4.69, 9.17) is 26.1 Å². The lowest BCUT2D eigenvalue weighted by molar-refractivity contribution is 0.0130. The Morgan fingerprint density at radius 3 is 2.48 bits per heavy atom. The van der Waals surface area contributed by atoms with E-state index < -0.39 is 11.5 Å². The molecule has 14 heteroatoms. The van der Waals surface area contributed by atoms with Gasteiger partial charge in [0.25, 0.3) is 5.91 Å². The Bertz CT molecular complexity index is 2060. The molecule has 0 bridgehead atoms. The third-order valence-electron chi connectivity index (χ3n) is 12.1. The maximum Gasteiger partial charge on any atom is 0.410 e. The van der Waals surface area contributed by atoms with Gasteiger partial charge in [-0.2, -0.15) is 0 Å². The van der Waals surface area contributed by atoms with Crippen LogP contribution in [-0.4, -0.2) is 65.9 Å². The Hall–Kier alpha value is -4.36. The highest BCUT2D eigenvalue weighted by Gasteiger charge is 2.85. The van der Waals surface area contributed by atoms with Gasteiger partial charge in [-0.1, -0.05) is 23.7 Å². The molecular weight excluding hydrogens is 748 g/mol. The van der Waals surface area contributed by atoms with E-state index in [9.17, 15) is 9.59 Å². The molecule has 5 heterocycles. The molecule has 1 saturated heterocycles. The normalized spacial score (nSPS) is 20.5. The lowest BCUT2D eigenvalue weighted by atomic mass is 9.91. The summed E-state index contributed by atoms with van der Waals surface area (Å²) >= 11 is 7.62. The van der Waals surface area contributed by atoms with Crippen molar-refractivity contribution in [2.75, 3.05) is 18.5 Å². The van der Waals surface area contributed by atoms with E-state index >= 15 is 0 Å². The van der Waals surface area contributed by atoms with Crippen molar-refractivity contribution in [1.82, 2.24) is 34.4 Å². The molecular formula is C42H51ClN8O4S. The van der Waals surface area contributed by atoms with Gasteiger partial charge in [-0.05, 0) is 145 Å². The van der Waals surface area contributed by atoms with Gasteiger partial charge in [0.1, 0.15) is 21.6 Å². The monoisotopic (exact) mass is 798 g/mol. The van der Waals surface area contributed by atoms with Gasteiger partial charge < -0.3 is 19.7 Å². The first-order valence-corrected chi connectivity index (χ1v) is 20.9. The molecule has 296 valence electrons. The first-order chi connectivity index (χ1) is 26.8. The number of nitrogens with zero attached hydrogens (tertiary/aromatic N) is 6. The van der Waals surface area contributed by atoms with Crippen molar-refractivity contribution in [1.29, 1.82) is 0 Å². The van der Waals surface area contributed by atoms with Crippen molar-refractivity contribution in [3.63, 3.8) is 0 Å². The van der Waals surface area contributed by atoms with Crippen LogP contribution in [0.4, 0.5) is 10.6 Å². The van der Waals surface area contributed by atoms with Crippen LogP contribution in [0.2, 0.25) is 5.15 Å². The minimum atomic E-state index is -0.548. The summed E-state index contributed by atoms with van der Waals surface area (Å²) in [6.45, 7) is 11.2. The lowest BCUT2D eigenvalue weighted by Crippen LogP contribution is -2.45. The molecule has 4 fully saturated rings. The van der Waals surface area contributed by atoms with Crippen LogP contribution in [0.25, 0.3) is 5.82 Å². The van der Waals surface area contributed by atoms with E-state index in [1.54, 1.807) is 29.2 Å². The zero-order valence-corrected chi connectivity index (χ0v) is 34.3. The zero-order valence-electron chi connectivity index (χ0n) is 32.8. The average molecular weight is 799 g/mol. The summed E-state index contributed by atoms with van der Waals surface area (Å²) in [4.78, 5) is 42.0. The van der Waals surface area contributed by atoms with E-state index in [0.29, 0.717) is 52.4 Å². The number of hydrogen-bond donors (Lipinski definition) is 2. The Morgan fingerprint density at radius 2 is 1.79 bits per heavy atom. The van der Waals surface area contributed by atoms with Crippen molar-refractivity contribution >= 4 is 41.4 Å². The molecule has 4 aromatic heterocycles. The average Bonchev–Trinajstić information content (AvgIpc) is 4.11. The fourth-order valence-electron chi connectivity index (χ4n) is 9.25. The number of nitrogens with one attached hydrogen (secondary N) is 2. The molecule has 4 aliphatic rings. The number of likely N-dealkylation sites (tertiary alicyclic amines) is 1. The maximum atomic E-state index is 13.2. The second kappa shape index (κ2) is 14.9. The second-order valence-electron chi connectivity index (χ2n) is 17.5. The molecule has 12 nitrogen and oxygen atoms in total. The van der Waals surface area contributed by atoms with Crippen molar-refractivity contribution in [2.24, 2.45) is 22.7 Å². The van der Waals surface area contributed by atoms with Crippen molar-refractivity contribution in [2.45, 2.75) is 108 Å². The number of amides is 2. The minimum absolute atomic E-state index is 0.0678. The van der Waals surface area contributed by atoms with Crippen LogP contribution < -0.4 is 14.8 Å². The summed E-state index contributed by atoms with van der Waals surface area (Å²) in [5.74, 6) is 2.45. The topological polar surface area (TPSA) is 136 Å². The molecule has 8 rings (SSSR count). The molecule has 56 heavy (non-hydrogen) atoms. The molecule has 1 aliphatic heterocycles. The quantitative estimate of drug-likeness (QED) is 0.0939. The molecule has 2 unspecified atom stereocenters. The second-order valence-corrected chi connectivity index (χ2v) is 18.7. The number of pyridine rings is 3. The fraction of sp³-hybridized carbons (Fsp3) is 0.524. The van der Waals surface area contributed by atoms with Gasteiger partial charge in [0.05, 0.1) is 23.9 Å². The first-order valence-electron chi connectivity index (χ1n) is 19.7. The highest BCUT2D eigenvalue weighted by atomic mass is 35.5. The SMILES string of the molecule is CC(C)(C)OC(=O)N1CC(CCC(Nc2cccc(SNC(=O)c3ccc(-n4ccc(OCCC5C6(CC6)C56CC6)n4)nc3Cl)n2)c2ccccn2)CC1(C)C. The fourth-order valence-corrected chi connectivity index (χ4v) is 10.1. The van der Waals surface area contributed by atoms with Gasteiger partial charge in [0, 0.05) is 42.5 Å². The highest BCUT2D eigenvalue weighted by molar-refractivity contribution is 7.97. The van der Waals surface area contributed by atoms with Gasteiger partial charge in [-0.3, -0.25) is 14.5 Å². The van der Waals surface area contributed by atoms with E-state index in [1.807, 2.05) is 68.1 Å². The smallest absolute Gasteiger partial charge is 0.410 e. The van der Waals surface area contributed by atoms with Crippen LogP contribution in [0, 0.1) is 22.7 Å². The summed E-state index contributed by atoms with van der Waals surface area (Å²) in [6.07, 6.45) is 12.6. The van der Waals surface area contributed by atoms with Crippen molar-refractivity contribution in [3.05, 3.63) is 83.4 Å². The van der Waals surface area contributed by atoms with Crippen LogP contribution in [-0.2, 0) is 4.74 Å². The van der Waals surface area contributed by atoms with Crippen LogP contribution in [0.1, 0.15) is 108 Å². The van der Waals surface area contributed by atoms with Gasteiger partial charge in [0.15, 0.2) is 5.82 Å². The number of carbonyl (C=O) groups excluding carboxylic acids is 2. The molecule has 2 atom stereocenters. The van der Waals surface area contributed by atoms with Gasteiger partial charge in [-0.25, -0.2) is 19.4 Å². The standard InChI is InChI=1S/C42H51ClN8O4S/c1-39(2,3)55-38(53)50-26-27(25-40(50,4)5)12-14-30(29-9-6-7-22-44-29)45-32-10-8-11-35(46-32)56-49-37(52)28-13-15-33(47-36(28)43)51-23-16-34(48-51)54-24-17-31-41(18-19-41)42(31)20-21-42/h6-11,13,15-16,22-23,27,30-31H,12,14,17-21,24-26H2,1-5H3,(H,45,46)(H,49,52). The molecule has 2 spiro atoms. The first kappa shape index (κ1) is 38.5. The van der Waals surface area contributed by atoms with Crippen LogP contribution in [0.5, 0.6) is 5.88 Å². The number of halogens is 1. The predicted molar refractivity (Wildman–Crippen MR) is 216 cm³/mol. The number of carbonyl (C=O) groups is 2. The Balaban J connectivity index is 0.845. The van der Waals surface area contributed by atoms with Crippen LogP contribution >= 0.6 is 23.5 Å². The minimum Gasteiger partial charge on any atom is -0.477 e. The molecule has 2 amide bonds. The number of ether oxygens (including phenoxy) is 2. The molecule has 2 N–H and O–H groups in total. The van der Waals surface area contributed by atoms with E-state index in [-0.39, 0.29) is 28.4 Å². The number of anilines is 1. The highest BCUT2D eigenvalue weighted by Crippen LogP contribution is 2.93. The number of hydrogen-bond acceptors (Lipinski definition) is 10. The maximum absolute atomic E-state index is 13.2. The summed E-state index contributed by atoms with van der Waals surface area (Å²) in [7, 11) is 0. The third kappa shape index (κ3) is 8.07. The Labute approximate surface area is 338 Å². The predicted octanol–water partition coefficient (Wildman–Crippen LogP) is 9.08.